The van der Waals surface area contributed by atoms with E-state index in [0.717, 1.165) is 44.0 Å². The minimum atomic E-state index is 0.296. The van der Waals surface area contributed by atoms with E-state index < -0.39 is 0 Å². The van der Waals surface area contributed by atoms with Crippen LogP contribution in [0.3, 0.4) is 0 Å². The third-order valence-corrected chi connectivity index (χ3v) is 5.42. The molecule has 8 nitrogen and oxygen atoms in total. The Hall–Kier alpha value is -3.39. The first-order chi connectivity index (χ1) is 14.2. The number of furan rings is 1. The summed E-state index contributed by atoms with van der Waals surface area (Å²) in [5.74, 6) is 1.39. The molecule has 1 aromatic carbocycles. The predicted molar refractivity (Wildman–Crippen MR) is 113 cm³/mol. The van der Waals surface area contributed by atoms with Crippen molar-refractivity contribution in [2.75, 3.05) is 43.4 Å². The van der Waals surface area contributed by atoms with E-state index in [2.05, 4.69) is 50.0 Å². The largest absolute Gasteiger partial charge is 0.461 e. The quantitative estimate of drug-likeness (QED) is 0.574. The zero-order valence-corrected chi connectivity index (χ0v) is 16.3. The van der Waals surface area contributed by atoms with Crippen molar-refractivity contribution in [1.82, 2.24) is 24.5 Å². The Labute approximate surface area is 168 Å². The normalized spacial score (nSPS) is 15.3. The van der Waals surface area contributed by atoms with Gasteiger partial charge < -0.3 is 20.0 Å². The number of nitrogens with zero attached hydrogens (tertiary/aromatic N) is 6. The fourth-order valence-electron chi connectivity index (χ4n) is 3.75. The van der Waals surface area contributed by atoms with Crippen LogP contribution >= 0.6 is 0 Å². The molecule has 0 atom stereocenters. The zero-order valence-electron chi connectivity index (χ0n) is 16.3. The summed E-state index contributed by atoms with van der Waals surface area (Å²) in [6.45, 7) is 7.56. The van der Waals surface area contributed by atoms with E-state index in [1.54, 1.807) is 12.3 Å². The smallest absolute Gasteiger partial charge is 0.223 e. The van der Waals surface area contributed by atoms with Crippen molar-refractivity contribution in [3.8, 4) is 22.8 Å². The number of fused-ring (bicyclic) bond motifs is 1. The Bertz CT molecular complexity index is 1130. The topological polar surface area (TPSA) is 88.7 Å². The van der Waals surface area contributed by atoms with Gasteiger partial charge in [0.15, 0.2) is 11.4 Å². The molecule has 1 aliphatic heterocycles. The van der Waals surface area contributed by atoms with E-state index in [1.165, 1.54) is 10.2 Å². The van der Waals surface area contributed by atoms with Crippen molar-refractivity contribution in [3.63, 3.8) is 0 Å². The molecule has 148 valence electrons. The summed E-state index contributed by atoms with van der Waals surface area (Å²) < 4.78 is 6.93. The molecule has 5 rings (SSSR count). The van der Waals surface area contributed by atoms with E-state index in [-0.39, 0.29) is 0 Å². The van der Waals surface area contributed by atoms with E-state index >= 15 is 0 Å². The number of hydrogen-bond acceptors (Lipinski definition) is 7. The lowest BCUT2D eigenvalue weighted by atomic mass is 10.1. The number of nitrogens with two attached hydrogens (primary N) is 1. The fraction of sp³-hybridized carbons (Fsp3) is 0.286. The zero-order chi connectivity index (χ0) is 19.8. The molecule has 29 heavy (non-hydrogen) atoms. The standard InChI is InChI=1S/C21H23N7O/c1-2-26-8-10-27(11-9-26)16-6-3-5-15(13-16)17-14-19-24-20(18-7-4-12-29-18)25-28(19)21(22)23-17/h3-7,12-14H,2,8-11H2,1H3,(H2,22,23). The van der Waals surface area contributed by atoms with Gasteiger partial charge in [-0.3, -0.25) is 0 Å². The van der Waals surface area contributed by atoms with Gasteiger partial charge in [-0.05, 0) is 30.8 Å². The number of anilines is 2. The van der Waals surface area contributed by atoms with Gasteiger partial charge in [0.05, 0.1) is 12.0 Å². The summed E-state index contributed by atoms with van der Waals surface area (Å²) in [5.41, 5.74) is 9.81. The van der Waals surface area contributed by atoms with Gasteiger partial charge in [-0.2, -0.15) is 4.52 Å². The Morgan fingerprint density at radius 3 is 2.66 bits per heavy atom. The van der Waals surface area contributed by atoms with E-state index in [4.69, 9.17) is 10.2 Å². The van der Waals surface area contributed by atoms with Crippen LogP contribution < -0.4 is 10.6 Å². The molecule has 1 fully saturated rings. The first kappa shape index (κ1) is 17.7. The number of likely N-dealkylation sites (N-methyl/N-ethyl adjacent to an activating group) is 1. The van der Waals surface area contributed by atoms with Crippen LogP contribution in [-0.4, -0.2) is 57.2 Å². The Morgan fingerprint density at radius 1 is 1.03 bits per heavy atom. The Kier molecular flexibility index (Phi) is 4.40. The van der Waals surface area contributed by atoms with Crippen molar-refractivity contribution in [1.29, 1.82) is 0 Å². The van der Waals surface area contributed by atoms with Gasteiger partial charge in [0, 0.05) is 43.5 Å². The number of benzene rings is 1. The third-order valence-electron chi connectivity index (χ3n) is 5.42. The summed E-state index contributed by atoms with van der Waals surface area (Å²) in [5, 5.41) is 4.41. The van der Waals surface area contributed by atoms with Crippen LogP contribution in [0.4, 0.5) is 11.6 Å². The number of piperazine rings is 1. The molecule has 0 bridgehead atoms. The van der Waals surface area contributed by atoms with Gasteiger partial charge in [0.2, 0.25) is 11.8 Å². The van der Waals surface area contributed by atoms with Crippen LogP contribution in [0.2, 0.25) is 0 Å². The van der Waals surface area contributed by atoms with E-state index in [0.29, 0.717) is 23.2 Å². The monoisotopic (exact) mass is 389 g/mol. The van der Waals surface area contributed by atoms with Gasteiger partial charge in [-0.25, -0.2) is 9.97 Å². The highest BCUT2D eigenvalue weighted by Gasteiger charge is 2.17. The molecule has 1 aliphatic rings. The molecule has 0 spiro atoms. The highest BCUT2D eigenvalue weighted by molar-refractivity contribution is 5.70. The molecular weight excluding hydrogens is 366 g/mol. The highest BCUT2D eigenvalue weighted by Crippen LogP contribution is 2.27. The van der Waals surface area contributed by atoms with Gasteiger partial charge in [0.25, 0.3) is 0 Å². The summed E-state index contributed by atoms with van der Waals surface area (Å²) >= 11 is 0. The van der Waals surface area contributed by atoms with Crippen LogP contribution in [0.1, 0.15) is 6.92 Å². The number of hydrogen-bond donors (Lipinski definition) is 1. The molecule has 3 aromatic heterocycles. The number of aromatic nitrogens is 4. The summed E-state index contributed by atoms with van der Waals surface area (Å²) in [4.78, 5) is 14.0. The van der Waals surface area contributed by atoms with Crippen molar-refractivity contribution >= 4 is 17.3 Å². The molecule has 0 amide bonds. The second-order valence-corrected chi connectivity index (χ2v) is 7.15. The van der Waals surface area contributed by atoms with Crippen LogP contribution in [0, 0.1) is 0 Å². The van der Waals surface area contributed by atoms with Gasteiger partial charge in [-0.1, -0.05) is 19.1 Å². The van der Waals surface area contributed by atoms with Gasteiger partial charge in [-0.15, -0.1) is 5.10 Å². The van der Waals surface area contributed by atoms with E-state index in [9.17, 15) is 0 Å². The highest BCUT2D eigenvalue weighted by atomic mass is 16.3. The van der Waals surface area contributed by atoms with Crippen molar-refractivity contribution in [3.05, 3.63) is 48.7 Å². The molecule has 0 unspecified atom stereocenters. The molecule has 0 radical (unpaired) electrons. The van der Waals surface area contributed by atoms with Gasteiger partial charge in [0.1, 0.15) is 0 Å². The number of rotatable bonds is 4. The molecule has 4 aromatic rings. The Balaban J connectivity index is 1.48. The molecule has 4 heterocycles. The maximum absolute atomic E-state index is 6.18. The lowest BCUT2D eigenvalue weighted by Gasteiger charge is -2.35. The molecule has 2 N–H and O–H groups in total. The Morgan fingerprint density at radius 2 is 1.90 bits per heavy atom. The fourth-order valence-corrected chi connectivity index (χ4v) is 3.75. The summed E-state index contributed by atoms with van der Waals surface area (Å²) in [6, 6.07) is 14.0. The summed E-state index contributed by atoms with van der Waals surface area (Å²) in [6.07, 6.45) is 1.60. The SMILES string of the molecule is CCN1CCN(c2cccc(-c3cc4nc(-c5ccco5)nn4c(N)n3)c2)CC1. The summed E-state index contributed by atoms with van der Waals surface area (Å²) in [7, 11) is 0. The second-order valence-electron chi connectivity index (χ2n) is 7.15. The van der Waals surface area contributed by atoms with Crippen molar-refractivity contribution < 1.29 is 4.42 Å². The van der Waals surface area contributed by atoms with Crippen molar-refractivity contribution in [2.45, 2.75) is 6.92 Å². The first-order valence-electron chi connectivity index (χ1n) is 9.86. The van der Waals surface area contributed by atoms with Crippen LogP contribution in [-0.2, 0) is 0 Å². The third kappa shape index (κ3) is 3.31. The molecule has 1 saturated heterocycles. The molecular formula is C21H23N7O. The average molecular weight is 389 g/mol. The van der Waals surface area contributed by atoms with E-state index in [1.807, 2.05) is 18.2 Å². The first-order valence-corrected chi connectivity index (χ1v) is 9.86. The lowest BCUT2D eigenvalue weighted by Crippen LogP contribution is -2.46. The van der Waals surface area contributed by atoms with Crippen LogP contribution in [0.25, 0.3) is 28.5 Å². The molecule has 0 aliphatic carbocycles. The van der Waals surface area contributed by atoms with Gasteiger partial charge >= 0.3 is 0 Å². The average Bonchev–Trinajstić information content (AvgIpc) is 3.44. The van der Waals surface area contributed by atoms with Crippen LogP contribution in [0.15, 0.2) is 53.1 Å². The molecule has 0 saturated carbocycles. The second kappa shape index (κ2) is 7.21. The number of nitrogen functional groups attached to an aromatic ring is 1. The molecule has 8 heteroatoms. The van der Waals surface area contributed by atoms with Crippen molar-refractivity contribution in [2.24, 2.45) is 0 Å². The minimum absolute atomic E-state index is 0.296. The maximum atomic E-state index is 6.18. The predicted octanol–water partition coefficient (Wildman–Crippen LogP) is 2.78. The maximum Gasteiger partial charge on any atom is 0.223 e. The minimum Gasteiger partial charge on any atom is -0.461 e. The van der Waals surface area contributed by atoms with Crippen LogP contribution in [0.5, 0.6) is 0 Å². The lowest BCUT2D eigenvalue weighted by molar-refractivity contribution is 0.271.